The first-order valence-corrected chi connectivity index (χ1v) is 11.5. The number of hydrogen-bond acceptors (Lipinski definition) is 6. The molecule has 1 amide bonds. The summed E-state index contributed by atoms with van der Waals surface area (Å²) in [4.78, 5) is 19.9. The number of amides is 1. The lowest BCUT2D eigenvalue weighted by Gasteiger charge is -2.17. The summed E-state index contributed by atoms with van der Waals surface area (Å²) in [5.74, 6) is 1.26. The quantitative estimate of drug-likeness (QED) is 0.383. The van der Waals surface area contributed by atoms with Crippen molar-refractivity contribution in [1.82, 2.24) is 24.8 Å². The number of aromatic nitrogens is 4. The molecule has 0 bridgehead atoms. The van der Waals surface area contributed by atoms with E-state index in [2.05, 4.69) is 36.1 Å². The van der Waals surface area contributed by atoms with E-state index in [1.807, 2.05) is 48.3 Å². The Bertz CT molecular complexity index is 1210. The van der Waals surface area contributed by atoms with Gasteiger partial charge in [0, 0.05) is 37.7 Å². The smallest absolute Gasteiger partial charge is 0.226 e. The van der Waals surface area contributed by atoms with Crippen LogP contribution in [-0.4, -0.2) is 37.8 Å². The Labute approximate surface area is 191 Å². The van der Waals surface area contributed by atoms with E-state index >= 15 is 0 Å². The second-order valence-corrected chi connectivity index (χ2v) is 8.89. The van der Waals surface area contributed by atoms with Gasteiger partial charge in [-0.15, -0.1) is 11.3 Å². The molecule has 7 nitrogen and oxygen atoms in total. The van der Waals surface area contributed by atoms with Crippen LogP contribution in [0.1, 0.15) is 41.2 Å². The first-order valence-electron chi connectivity index (χ1n) is 10.7. The standard InChI is InChI=1S/C24H27N5O2S/c1-16-9-5-6-10-20(16)29-18(3)19(17(2)26-29)15-28(4)23(30)13-7-12-22-25-24(27-31-22)21-11-8-14-32-21/h5-6,8-11,14H,7,12-13,15H2,1-4H3. The van der Waals surface area contributed by atoms with Crippen molar-refractivity contribution >= 4 is 17.2 Å². The Morgan fingerprint density at radius 3 is 2.72 bits per heavy atom. The Hall–Kier alpha value is -3.26. The van der Waals surface area contributed by atoms with Crippen molar-refractivity contribution in [2.45, 2.75) is 46.6 Å². The topological polar surface area (TPSA) is 77.1 Å². The Balaban J connectivity index is 1.34. The molecule has 4 rings (SSSR count). The summed E-state index contributed by atoms with van der Waals surface area (Å²) in [6.45, 7) is 6.66. The van der Waals surface area contributed by atoms with E-state index in [0.29, 0.717) is 37.5 Å². The summed E-state index contributed by atoms with van der Waals surface area (Å²) < 4.78 is 7.29. The van der Waals surface area contributed by atoms with Gasteiger partial charge < -0.3 is 9.42 Å². The summed E-state index contributed by atoms with van der Waals surface area (Å²) in [5.41, 5.74) is 5.31. The van der Waals surface area contributed by atoms with Gasteiger partial charge in [-0.1, -0.05) is 29.4 Å². The zero-order valence-electron chi connectivity index (χ0n) is 18.8. The first kappa shape index (κ1) is 22.0. The summed E-state index contributed by atoms with van der Waals surface area (Å²) in [7, 11) is 1.84. The van der Waals surface area contributed by atoms with Crippen LogP contribution in [0, 0.1) is 20.8 Å². The van der Waals surface area contributed by atoms with Gasteiger partial charge in [0.1, 0.15) is 0 Å². The molecule has 3 aromatic heterocycles. The molecule has 0 N–H and O–H groups in total. The van der Waals surface area contributed by atoms with Gasteiger partial charge in [-0.05, 0) is 50.3 Å². The summed E-state index contributed by atoms with van der Waals surface area (Å²) in [6, 6.07) is 12.1. The van der Waals surface area contributed by atoms with Crippen molar-refractivity contribution in [1.29, 1.82) is 0 Å². The fourth-order valence-corrected chi connectivity index (χ4v) is 4.36. The number of hydrogen-bond donors (Lipinski definition) is 0. The van der Waals surface area contributed by atoms with Crippen LogP contribution in [0.5, 0.6) is 0 Å². The molecule has 0 aliphatic rings. The number of benzene rings is 1. The van der Waals surface area contributed by atoms with Crippen LogP contribution >= 0.6 is 11.3 Å². The molecular weight excluding hydrogens is 422 g/mol. The van der Waals surface area contributed by atoms with Crippen LogP contribution in [0.3, 0.4) is 0 Å². The average Bonchev–Trinajstić information content (AvgIpc) is 3.52. The van der Waals surface area contributed by atoms with E-state index in [-0.39, 0.29) is 5.91 Å². The van der Waals surface area contributed by atoms with Crippen molar-refractivity contribution in [3.63, 3.8) is 0 Å². The van der Waals surface area contributed by atoms with Crippen LogP contribution in [0.15, 0.2) is 46.3 Å². The number of para-hydroxylation sites is 1. The van der Waals surface area contributed by atoms with Crippen LogP contribution in [0.25, 0.3) is 16.4 Å². The van der Waals surface area contributed by atoms with E-state index in [9.17, 15) is 4.79 Å². The number of carbonyl (C=O) groups is 1. The summed E-state index contributed by atoms with van der Waals surface area (Å²) in [6.07, 6.45) is 1.67. The third-order valence-electron chi connectivity index (χ3n) is 5.60. The maximum atomic E-state index is 12.7. The van der Waals surface area contributed by atoms with Gasteiger partial charge >= 0.3 is 0 Å². The molecule has 0 radical (unpaired) electrons. The lowest BCUT2D eigenvalue weighted by atomic mass is 10.1. The molecule has 0 saturated carbocycles. The second-order valence-electron chi connectivity index (χ2n) is 7.94. The monoisotopic (exact) mass is 449 g/mol. The lowest BCUT2D eigenvalue weighted by molar-refractivity contribution is -0.130. The van der Waals surface area contributed by atoms with Gasteiger partial charge in [0.2, 0.25) is 17.6 Å². The molecule has 8 heteroatoms. The molecule has 0 unspecified atom stereocenters. The van der Waals surface area contributed by atoms with E-state index in [1.54, 1.807) is 16.2 Å². The zero-order chi connectivity index (χ0) is 22.7. The van der Waals surface area contributed by atoms with Crippen LogP contribution < -0.4 is 0 Å². The maximum absolute atomic E-state index is 12.7. The SMILES string of the molecule is Cc1ccccc1-n1nc(C)c(CN(C)C(=O)CCCc2nc(-c3cccs3)no2)c1C. The zero-order valence-corrected chi connectivity index (χ0v) is 19.6. The fraction of sp³-hybridized carbons (Fsp3) is 0.333. The highest BCUT2D eigenvalue weighted by atomic mass is 32.1. The van der Waals surface area contributed by atoms with Crippen LogP contribution in [0.4, 0.5) is 0 Å². The third-order valence-corrected chi connectivity index (χ3v) is 6.46. The molecule has 166 valence electrons. The number of nitrogens with zero attached hydrogens (tertiary/aromatic N) is 5. The minimum atomic E-state index is 0.0884. The molecule has 32 heavy (non-hydrogen) atoms. The lowest BCUT2D eigenvalue weighted by Crippen LogP contribution is -2.26. The fourth-order valence-electron chi connectivity index (χ4n) is 3.71. The normalized spacial score (nSPS) is 11.1. The van der Waals surface area contributed by atoms with Gasteiger partial charge in [0.05, 0.1) is 16.3 Å². The predicted molar refractivity (Wildman–Crippen MR) is 125 cm³/mol. The van der Waals surface area contributed by atoms with Crippen molar-refractivity contribution in [2.75, 3.05) is 7.05 Å². The van der Waals surface area contributed by atoms with Crippen molar-refractivity contribution in [3.05, 3.63) is 70.2 Å². The molecule has 0 fully saturated rings. The number of thiophene rings is 1. The van der Waals surface area contributed by atoms with Crippen molar-refractivity contribution in [2.24, 2.45) is 0 Å². The Morgan fingerprint density at radius 2 is 1.97 bits per heavy atom. The second kappa shape index (κ2) is 9.48. The molecule has 0 aliphatic heterocycles. The van der Waals surface area contributed by atoms with Gasteiger partial charge in [-0.25, -0.2) is 4.68 Å². The largest absolute Gasteiger partial charge is 0.341 e. The van der Waals surface area contributed by atoms with E-state index in [0.717, 1.165) is 33.1 Å². The van der Waals surface area contributed by atoms with E-state index in [1.165, 1.54) is 0 Å². The summed E-state index contributed by atoms with van der Waals surface area (Å²) in [5, 5.41) is 10.7. The van der Waals surface area contributed by atoms with Gasteiger partial charge in [-0.3, -0.25) is 4.79 Å². The molecule has 0 atom stereocenters. The van der Waals surface area contributed by atoms with Crippen LogP contribution in [-0.2, 0) is 17.8 Å². The maximum Gasteiger partial charge on any atom is 0.226 e. The molecule has 4 aromatic rings. The number of aryl methyl sites for hydroxylation is 3. The predicted octanol–water partition coefficient (Wildman–Crippen LogP) is 4.89. The molecule has 0 saturated heterocycles. The molecule has 0 spiro atoms. The highest BCUT2D eigenvalue weighted by Gasteiger charge is 2.18. The van der Waals surface area contributed by atoms with Gasteiger partial charge in [0.25, 0.3) is 0 Å². The first-order chi connectivity index (χ1) is 15.4. The Kier molecular flexibility index (Phi) is 6.50. The minimum absolute atomic E-state index is 0.0884. The third kappa shape index (κ3) is 4.65. The molecule has 3 heterocycles. The van der Waals surface area contributed by atoms with Gasteiger partial charge in [0.15, 0.2) is 0 Å². The molecular formula is C24H27N5O2S. The van der Waals surface area contributed by atoms with Crippen molar-refractivity contribution in [3.8, 4) is 16.4 Å². The van der Waals surface area contributed by atoms with E-state index in [4.69, 9.17) is 9.62 Å². The van der Waals surface area contributed by atoms with Gasteiger partial charge in [-0.2, -0.15) is 10.1 Å². The summed E-state index contributed by atoms with van der Waals surface area (Å²) >= 11 is 1.57. The average molecular weight is 450 g/mol. The van der Waals surface area contributed by atoms with Crippen LogP contribution in [0.2, 0.25) is 0 Å². The minimum Gasteiger partial charge on any atom is -0.341 e. The Morgan fingerprint density at radius 1 is 1.16 bits per heavy atom. The van der Waals surface area contributed by atoms with E-state index < -0.39 is 0 Å². The highest BCUT2D eigenvalue weighted by Crippen LogP contribution is 2.23. The molecule has 1 aromatic carbocycles. The highest BCUT2D eigenvalue weighted by molar-refractivity contribution is 7.13. The number of carbonyl (C=O) groups excluding carboxylic acids is 1. The molecule has 0 aliphatic carbocycles. The van der Waals surface area contributed by atoms with Crippen molar-refractivity contribution < 1.29 is 9.32 Å². The number of rotatable bonds is 8.